The zero-order valence-corrected chi connectivity index (χ0v) is 19.5. The van der Waals surface area contributed by atoms with Gasteiger partial charge in [-0.1, -0.05) is 48.2 Å². The zero-order valence-electron chi connectivity index (χ0n) is 17.9. The SMILES string of the molecule is CC1(c2ccccc2)NC(=O)N(NC(=O)CSc2nnc(Cc3cccs3)n2C2CC2)C1=O. The molecule has 2 fully saturated rings. The first-order chi connectivity index (χ1) is 16.0. The van der Waals surface area contributed by atoms with Crippen LogP contribution in [0.2, 0.25) is 0 Å². The zero-order chi connectivity index (χ0) is 23.0. The Morgan fingerprint density at radius 1 is 1.21 bits per heavy atom. The molecule has 170 valence electrons. The summed E-state index contributed by atoms with van der Waals surface area (Å²) < 4.78 is 2.11. The first-order valence-electron chi connectivity index (χ1n) is 10.6. The molecule has 1 aliphatic heterocycles. The predicted molar refractivity (Wildman–Crippen MR) is 123 cm³/mol. The summed E-state index contributed by atoms with van der Waals surface area (Å²) in [6.07, 6.45) is 2.83. The van der Waals surface area contributed by atoms with Crippen molar-refractivity contribution in [1.29, 1.82) is 0 Å². The van der Waals surface area contributed by atoms with Crippen molar-refractivity contribution in [2.75, 3.05) is 5.75 Å². The third-order valence-corrected chi connectivity index (χ3v) is 7.49. The number of urea groups is 1. The number of imide groups is 1. The van der Waals surface area contributed by atoms with Gasteiger partial charge in [0, 0.05) is 17.3 Å². The molecule has 3 heterocycles. The normalized spacial score (nSPS) is 20.2. The van der Waals surface area contributed by atoms with Gasteiger partial charge in [-0.2, -0.15) is 5.01 Å². The van der Waals surface area contributed by atoms with Gasteiger partial charge in [0.25, 0.3) is 5.91 Å². The predicted octanol–water partition coefficient (Wildman–Crippen LogP) is 2.86. The smallest absolute Gasteiger partial charge is 0.318 e. The molecule has 3 aromatic rings. The second-order valence-electron chi connectivity index (χ2n) is 8.14. The van der Waals surface area contributed by atoms with Gasteiger partial charge in [0.2, 0.25) is 5.91 Å². The van der Waals surface area contributed by atoms with Crippen LogP contribution >= 0.6 is 23.1 Å². The molecule has 5 rings (SSSR count). The summed E-state index contributed by atoms with van der Waals surface area (Å²) in [7, 11) is 0. The van der Waals surface area contributed by atoms with Crippen molar-refractivity contribution in [3.63, 3.8) is 0 Å². The lowest BCUT2D eigenvalue weighted by molar-refractivity contribution is -0.138. The van der Waals surface area contributed by atoms with Crippen molar-refractivity contribution in [3.05, 3.63) is 64.1 Å². The van der Waals surface area contributed by atoms with Gasteiger partial charge in [0.05, 0.1) is 5.75 Å². The maximum Gasteiger partial charge on any atom is 0.344 e. The number of hydrogen-bond acceptors (Lipinski definition) is 7. The fourth-order valence-corrected chi connectivity index (χ4v) is 5.31. The molecular weight excluding hydrogens is 460 g/mol. The first kappa shape index (κ1) is 21.7. The highest BCUT2D eigenvalue weighted by Crippen LogP contribution is 2.39. The molecule has 1 aliphatic carbocycles. The summed E-state index contributed by atoms with van der Waals surface area (Å²) in [6, 6.07) is 12.7. The number of thioether (sulfide) groups is 1. The molecular formula is C22H22N6O3S2. The summed E-state index contributed by atoms with van der Waals surface area (Å²) in [5, 5.41) is 14.8. The lowest BCUT2D eigenvalue weighted by Gasteiger charge is -2.22. The maximum absolute atomic E-state index is 12.9. The van der Waals surface area contributed by atoms with Crippen LogP contribution in [0, 0.1) is 0 Å². The summed E-state index contributed by atoms with van der Waals surface area (Å²) in [4.78, 5) is 39.2. The van der Waals surface area contributed by atoms with E-state index in [0.29, 0.717) is 23.2 Å². The molecule has 1 unspecified atom stereocenters. The van der Waals surface area contributed by atoms with Crippen LogP contribution in [0.3, 0.4) is 0 Å². The average Bonchev–Trinajstić information content (AvgIpc) is 3.28. The van der Waals surface area contributed by atoms with Gasteiger partial charge in [0.15, 0.2) is 5.16 Å². The number of nitrogens with zero attached hydrogens (tertiary/aromatic N) is 4. The number of rotatable bonds is 8. The van der Waals surface area contributed by atoms with Gasteiger partial charge < -0.3 is 9.88 Å². The van der Waals surface area contributed by atoms with Crippen molar-refractivity contribution in [2.45, 2.75) is 42.9 Å². The number of hydrazine groups is 1. The lowest BCUT2D eigenvalue weighted by Crippen LogP contribution is -2.48. The molecule has 1 aromatic carbocycles. The Kier molecular flexibility index (Phi) is 5.67. The number of thiophene rings is 1. The largest absolute Gasteiger partial charge is 0.344 e. The van der Waals surface area contributed by atoms with Crippen LogP contribution in [0.1, 0.15) is 42.1 Å². The van der Waals surface area contributed by atoms with Crippen LogP contribution in [-0.4, -0.2) is 43.4 Å². The number of nitrogens with one attached hydrogen (secondary N) is 2. The van der Waals surface area contributed by atoms with E-state index in [4.69, 9.17) is 0 Å². The van der Waals surface area contributed by atoms with Gasteiger partial charge in [0.1, 0.15) is 11.4 Å². The maximum atomic E-state index is 12.9. The fourth-order valence-electron chi connectivity index (χ4n) is 3.79. The van der Waals surface area contributed by atoms with Crippen LogP contribution in [0.5, 0.6) is 0 Å². The van der Waals surface area contributed by atoms with Crippen molar-refractivity contribution >= 4 is 40.9 Å². The van der Waals surface area contributed by atoms with Crippen molar-refractivity contribution in [3.8, 4) is 0 Å². The van der Waals surface area contributed by atoms with Crippen LogP contribution in [-0.2, 0) is 21.5 Å². The van der Waals surface area contributed by atoms with E-state index < -0.39 is 23.4 Å². The van der Waals surface area contributed by atoms with Gasteiger partial charge in [-0.15, -0.1) is 21.5 Å². The number of benzene rings is 1. The minimum Gasteiger partial charge on any atom is -0.318 e. The molecule has 1 atom stereocenters. The Labute approximate surface area is 198 Å². The van der Waals surface area contributed by atoms with Crippen molar-refractivity contribution in [1.82, 2.24) is 30.5 Å². The first-order valence-corrected chi connectivity index (χ1v) is 12.4. The Morgan fingerprint density at radius 3 is 2.70 bits per heavy atom. The average molecular weight is 483 g/mol. The van der Waals surface area contributed by atoms with E-state index in [1.54, 1.807) is 42.5 Å². The highest BCUT2D eigenvalue weighted by molar-refractivity contribution is 7.99. The van der Waals surface area contributed by atoms with Crippen LogP contribution in [0.15, 0.2) is 53.0 Å². The van der Waals surface area contributed by atoms with E-state index >= 15 is 0 Å². The van der Waals surface area contributed by atoms with Crippen LogP contribution in [0.25, 0.3) is 0 Å². The monoisotopic (exact) mass is 482 g/mol. The second-order valence-corrected chi connectivity index (χ2v) is 10.1. The third kappa shape index (κ3) is 4.25. The summed E-state index contributed by atoms with van der Waals surface area (Å²) >= 11 is 2.93. The Hall–Kier alpha value is -3.18. The summed E-state index contributed by atoms with van der Waals surface area (Å²) in [6.45, 7) is 1.62. The molecule has 1 saturated heterocycles. The number of aromatic nitrogens is 3. The second kappa shape index (κ2) is 8.64. The molecule has 1 saturated carbocycles. The topological polar surface area (TPSA) is 109 Å². The Bertz CT molecular complexity index is 1190. The highest BCUT2D eigenvalue weighted by atomic mass is 32.2. The van der Waals surface area contributed by atoms with Gasteiger partial charge in [-0.25, -0.2) is 4.79 Å². The molecule has 4 amide bonds. The van der Waals surface area contributed by atoms with E-state index in [1.807, 2.05) is 17.5 Å². The molecule has 2 aliphatic rings. The third-order valence-electron chi connectivity index (χ3n) is 5.67. The van der Waals surface area contributed by atoms with Crippen molar-refractivity contribution < 1.29 is 14.4 Å². The summed E-state index contributed by atoms with van der Waals surface area (Å²) in [5.74, 6) is -0.110. The molecule has 0 spiro atoms. The van der Waals surface area contributed by atoms with Gasteiger partial charge in [-0.3, -0.25) is 15.0 Å². The molecule has 0 bridgehead atoms. The standard InChI is InChI=1S/C22H22N6O3S2/c1-22(14-6-3-2-4-7-14)19(30)28(20(31)23-22)26-18(29)13-33-21-25-24-17(27(21)15-9-10-15)12-16-8-5-11-32-16/h2-8,11,15H,9-10,12-13H2,1H3,(H,23,31)(H,26,29). The van der Waals surface area contributed by atoms with Gasteiger partial charge in [-0.05, 0) is 36.8 Å². The lowest BCUT2D eigenvalue weighted by atomic mass is 9.92. The van der Waals surface area contributed by atoms with E-state index in [0.717, 1.165) is 23.7 Å². The fraction of sp³-hybridized carbons (Fsp3) is 0.318. The Balaban J connectivity index is 1.24. The van der Waals surface area contributed by atoms with E-state index in [1.165, 1.54) is 16.6 Å². The van der Waals surface area contributed by atoms with E-state index in [2.05, 4.69) is 31.6 Å². The molecule has 9 nitrogen and oxygen atoms in total. The minimum atomic E-state index is -1.23. The number of amides is 4. The van der Waals surface area contributed by atoms with Gasteiger partial charge >= 0.3 is 6.03 Å². The molecule has 33 heavy (non-hydrogen) atoms. The van der Waals surface area contributed by atoms with Crippen LogP contribution < -0.4 is 10.7 Å². The number of hydrogen-bond donors (Lipinski definition) is 2. The Morgan fingerprint density at radius 2 is 2.00 bits per heavy atom. The van der Waals surface area contributed by atoms with E-state index in [9.17, 15) is 14.4 Å². The number of carbonyl (C=O) groups is 3. The molecule has 2 aromatic heterocycles. The molecule has 2 N–H and O–H groups in total. The number of carbonyl (C=O) groups excluding carboxylic acids is 3. The molecule has 11 heteroatoms. The highest BCUT2D eigenvalue weighted by Gasteiger charge is 2.50. The van der Waals surface area contributed by atoms with E-state index in [-0.39, 0.29) is 5.75 Å². The summed E-state index contributed by atoms with van der Waals surface area (Å²) in [5.41, 5.74) is 1.85. The minimum absolute atomic E-state index is 0.00294. The van der Waals surface area contributed by atoms with Crippen LogP contribution in [0.4, 0.5) is 4.79 Å². The molecule has 0 radical (unpaired) electrons. The van der Waals surface area contributed by atoms with Crippen molar-refractivity contribution in [2.24, 2.45) is 0 Å². The quantitative estimate of drug-likeness (QED) is 0.378.